The molecule has 1 N–H and O–H groups in total. The van der Waals surface area contributed by atoms with E-state index in [0.717, 1.165) is 39.9 Å². The summed E-state index contributed by atoms with van der Waals surface area (Å²) in [5, 5.41) is 13.4. The summed E-state index contributed by atoms with van der Waals surface area (Å²) in [4.78, 5) is 16.5. The Balaban J connectivity index is 1.50. The molecule has 0 spiro atoms. The van der Waals surface area contributed by atoms with E-state index in [2.05, 4.69) is 10.1 Å². The Morgan fingerprint density at radius 1 is 1.05 bits per heavy atom. The van der Waals surface area contributed by atoms with Crippen LogP contribution in [0.5, 0.6) is 17.2 Å². The molecule has 12 heteroatoms. The number of thioether (sulfide) groups is 1. The molecule has 4 rings (SSSR count). The number of nitrogens with zero attached hydrogens (tertiary/aromatic N) is 3. The summed E-state index contributed by atoms with van der Waals surface area (Å²) in [5.41, 5.74) is 2.66. The summed E-state index contributed by atoms with van der Waals surface area (Å²) < 4.78 is 41.0. The van der Waals surface area contributed by atoms with Crippen LogP contribution < -0.4 is 14.2 Å². The quantitative estimate of drug-likeness (QED) is 0.394. The minimum absolute atomic E-state index is 0.0269. The normalized spacial score (nSPS) is 16.4. The van der Waals surface area contributed by atoms with E-state index in [9.17, 15) is 13.2 Å². The minimum atomic E-state index is -3.60. The van der Waals surface area contributed by atoms with Gasteiger partial charge in [0.05, 0.1) is 12.2 Å². The number of fused-ring (bicyclic) bond motifs is 1. The fourth-order valence-electron chi connectivity index (χ4n) is 3.62. The van der Waals surface area contributed by atoms with Crippen LogP contribution in [0, 0.1) is 19.3 Å². The van der Waals surface area contributed by atoms with Crippen molar-refractivity contribution in [2.45, 2.75) is 20.8 Å². The number of amides is 1. The Hall–Kier alpha value is -3.64. The molecule has 2 aromatic rings. The van der Waals surface area contributed by atoms with Crippen molar-refractivity contribution in [1.29, 1.82) is 5.41 Å². The first-order chi connectivity index (χ1) is 17.6. The van der Waals surface area contributed by atoms with Gasteiger partial charge in [0.1, 0.15) is 19.0 Å². The van der Waals surface area contributed by atoms with Gasteiger partial charge in [0, 0.05) is 6.26 Å². The SMILES string of the molecule is CCOc1cc(/C=C2\C(=N)N3N=C(S(C)(=O)=O)SC3=NC2=O)ccc1OCCOc1c(C)cccc1C. The van der Waals surface area contributed by atoms with Crippen molar-refractivity contribution in [1.82, 2.24) is 5.01 Å². The van der Waals surface area contributed by atoms with Gasteiger partial charge in [-0.25, -0.2) is 8.42 Å². The number of ether oxygens (including phenoxy) is 3. The zero-order valence-electron chi connectivity index (χ0n) is 20.8. The van der Waals surface area contributed by atoms with E-state index in [1.807, 2.05) is 39.0 Å². The Morgan fingerprint density at radius 2 is 1.76 bits per heavy atom. The van der Waals surface area contributed by atoms with Crippen molar-refractivity contribution < 1.29 is 27.4 Å². The summed E-state index contributed by atoms with van der Waals surface area (Å²) in [6.45, 7) is 6.86. The second-order valence-corrected chi connectivity index (χ2v) is 11.4. The molecule has 0 fully saturated rings. The third kappa shape index (κ3) is 5.86. The number of hydrogen-bond donors (Lipinski definition) is 1. The molecule has 0 aliphatic carbocycles. The number of carbonyl (C=O) groups is 1. The Bertz CT molecular complexity index is 1440. The Kier molecular flexibility index (Phi) is 7.69. The number of rotatable bonds is 8. The molecule has 0 saturated carbocycles. The maximum absolute atomic E-state index is 12.6. The molecule has 0 atom stereocenters. The highest BCUT2D eigenvalue weighted by molar-refractivity contribution is 8.42. The Morgan fingerprint density at radius 3 is 2.43 bits per heavy atom. The number of para-hydroxylation sites is 1. The van der Waals surface area contributed by atoms with Gasteiger partial charge in [0.2, 0.25) is 19.4 Å². The molecule has 2 heterocycles. The fraction of sp³-hybridized carbons (Fsp3) is 0.280. The number of amidine groups is 2. The molecule has 0 radical (unpaired) electrons. The lowest BCUT2D eigenvalue weighted by Gasteiger charge is -2.20. The van der Waals surface area contributed by atoms with Gasteiger partial charge in [-0.05, 0) is 67.4 Å². The molecule has 2 aliphatic rings. The third-order valence-electron chi connectivity index (χ3n) is 5.33. The monoisotopic (exact) mass is 542 g/mol. The van der Waals surface area contributed by atoms with Crippen LogP contribution in [0.4, 0.5) is 0 Å². The molecular formula is C25H26N4O6S2. The average Bonchev–Trinajstić information content (AvgIpc) is 3.27. The highest BCUT2D eigenvalue weighted by Gasteiger charge is 2.38. The first-order valence-corrected chi connectivity index (χ1v) is 14.1. The van der Waals surface area contributed by atoms with Gasteiger partial charge in [-0.1, -0.05) is 24.3 Å². The number of nitrogens with one attached hydrogen (secondary N) is 1. The first kappa shape index (κ1) is 26.4. The van der Waals surface area contributed by atoms with Crippen LogP contribution in [0.25, 0.3) is 6.08 Å². The van der Waals surface area contributed by atoms with Crippen molar-refractivity contribution >= 4 is 49.0 Å². The van der Waals surface area contributed by atoms with E-state index >= 15 is 0 Å². The highest BCUT2D eigenvalue weighted by Crippen LogP contribution is 2.32. The number of hydrazone groups is 1. The molecule has 194 valence electrons. The van der Waals surface area contributed by atoms with Crippen LogP contribution in [-0.4, -0.2) is 60.8 Å². The molecule has 10 nitrogen and oxygen atoms in total. The lowest BCUT2D eigenvalue weighted by molar-refractivity contribution is -0.114. The maximum Gasteiger partial charge on any atom is 0.283 e. The van der Waals surface area contributed by atoms with Crippen LogP contribution in [0.2, 0.25) is 0 Å². The van der Waals surface area contributed by atoms with Crippen LogP contribution in [0.15, 0.2) is 52.1 Å². The number of benzene rings is 2. The molecule has 0 aromatic heterocycles. The molecule has 37 heavy (non-hydrogen) atoms. The van der Waals surface area contributed by atoms with Crippen LogP contribution in [-0.2, 0) is 14.6 Å². The minimum Gasteiger partial charge on any atom is -0.490 e. The molecular weight excluding hydrogens is 516 g/mol. The number of carbonyl (C=O) groups excluding carboxylic acids is 1. The second kappa shape index (κ2) is 10.8. The molecule has 1 amide bonds. The van der Waals surface area contributed by atoms with Crippen molar-refractivity contribution in [2.24, 2.45) is 10.1 Å². The average molecular weight is 543 g/mol. The van der Waals surface area contributed by atoms with E-state index in [1.165, 1.54) is 6.08 Å². The highest BCUT2D eigenvalue weighted by atomic mass is 32.3. The van der Waals surface area contributed by atoms with Crippen LogP contribution >= 0.6 is 11.8 Å². The predicted molar refractivity (Wildman–Crippen MR) is 144 cm³/mol. The number of aliphatic imine (C=N–C) groups is 1. The van der Waals surface area contributed by atoms with Crippen molar-refractivity contribution in [3.05, 3.63) is 58.7 Å². The number of hydrogen-bond acceptors (Lipinski definition) is 9. The second-order valence-electron chi connectivity index (χ2n) is 8.22. The van der Waals surface area contributed by atoms with Gasteiger partial charge in [-0.3, -0.25) is 10.2 Å². The molecule has 0 bridgehead atoms. The summed E-state index contributed by atoms with van der Waals surface area (Å²) in [7, 11) is -3.60. The zero-order chi connectivity index (χ0) is 26.7. The van der Waals surface area contributed by atoms with Crippen LogP contribution in [0.1, 0.15) is 23.6 Å². The largest absolute Gasteiger partial charge is 0.490 e. The smallest absolute Gasteiger partial charge is 0.283 e. The lowest BCUT2D eigenvalue weighted by Crippen LogP contribution is -2.35. The maximum atomic E-state index is 12.6. The van der Waals surface area contributed by atoms with E-state index in [1.54, 1.807) is 18.2 Å². The zero-order valence-corrected chi connectivity index (χ0v) is 22.4. The molecule has 0 unspecified atom stereocenters. The Labute approximate surface area is 219 Å². The van der Waals surface area contributed by atoms with Gasteiger partial charge in [0.25, 0.3) is 5.91 Å². The fourth-order valence-corrected chi connectivity index (χ4v) is 5.30. The van der Waals surface area contributed by atoms with E-state index in [0.29, 0.717) is 36.9 Å². The van der Waals surface area contributed by atoms with E-state index in [-0.39, 0.29) is 21.0 Å². The van der Waals surface area contributed by atoms with Crippen molar-refractivity contribution in [2.75, 3.05) is 26.1 Å². The molecule has 2 aliphatic heterocycles. The van der Waals surface area contributed by atoms with Crippen molar-refractivity contribution in [3.8, 4) is 17.2 Å². The first-order valence-electron chi connectivity index (χ1n) is 11.4. The summed E-state index contributed by atoms with van der Waals surface area (Å²) in [6, 6.07) is 11.1. The van der Waals surface area contributed by atoms with Gasteiger partial charge >= 0.3 is 0 Å². The third-order valence-corrected chi connectivity index (χ3v) is 7.91. The van der Waals surface area contributed by atoms with Gasteiger partial charge < -0.3 is 14.2 Å². The molecule has 0 saturated heterocycles. The lowest BCUT2D eigenvalue weighted by atomic mass is 10.1. The van der Waals surface area contributed by atoms with E-state index < -0.39 is 15.7 Å². The standard InChI is InChI=1S/C25H26N4O6S2/c1-5-33-20-14-17(9-10-19(20)34-11-12-35-21-15(2)7-6-8-16(21)3)13-18-22(26)29-24(27-23(18)30)36-25(28-29)37(4,31)32/h6-10,13-14,26H,5,11-12H2,1-4H3/b18-13+,26-22?. The predicted octanol–water partition coefficient (Wildman–Crippen LogP) is 3.78. The van der Waals surface area contributed by atoms with E-state index in [4.69, 9.17) is 19.6 Å². The van der Waals surface area contributed by atoms with Crippen LogP contribution in [0.3, 0.4) is 0 Å². The van der Waals surface area contributed by atoms with Gasteiger partial charge in [0.15, 0.2) is 17.3 Å². The number of aryl methyl sites for hydroxylation is 2. The van der Waals surface area contributed by atoms with Gasteiger partial charge in [-0.15, -0.1) is 5.10 Å². The van der Waals surface area contributed by atoms with Gasteiger partial charge in [-0.2, -0.15) is 10.0 Å². The molecule has 2 aromatic carbocycles. The van der Waals surface area contributed by atoms with Crippen molar-refractivity contribution in [3.63, 3.8) is 0 Å². The topological polar surface area (TPSA) is 131 Å². The summed E-state index contributed by atoms with van der Waals surface area (Å²) in [5.74, 6) is 0.904. The summed E-state index contributed by atoms with van der Waals surface area (Å²) >= 11 is 0.740. The summed E-state index contributed by atoms with van der Waals surface area (Å²) in [6.07, 6.45) is 2.49. The number of sulfone groups is 1.